The maximum absolute atomic E-state index is 13.9. The van der Waals surface area contributed by atoms with E-state index in [1.807, 2.05) is 32.2 Å². The van der Waals surface area contributed by atoms with Crippen LogP contribution in [0.25, 0.3) is 17.1 Å². The molecule has 108 heavy (non-hydrogen) atoms. The summed E-state index contributed by atoms with van der Waals surface area (Å²) in [5, 5.41) is 25.1. The molecule has 7 unspecified atom stereocenters. The smallest absolute Gasteiger partial charge is 0.272 e. The van der Waals surface area contributed by atoms with Crippen molar-refractivity contribution in [3.05, 3.63) is 249 Å². The highest BCUT2D eigenvalue weighted by atomic mass is 19.1. The van der Waals surface area contributed by atoms with Crippen molar-refractivity contribution in [1.82, 2.24) is 45.3 Å². The number of nitrogens with zero attached hydrogens (tertiary/aromatic N) is 6. The average molecular weight is 1450 g/mol. The molecule has 10 saturated carbocycles. The first-order valence-electron chi connectivity index (χ1n) is 41.0. The van der Waals surface area contributed by atoms with E-state index in [0.717, 1.165) is 151 Å². The second-order valence-corrected chi connectivity index (χ2v) is 36.3. The molecular formula is C93H104F3N9O3. The Labute approximate surface area is 634 Å². The zero-order valence-corrected chi connectivity index (χ0v) is 63.2. The van der Waals surface area contributed by atoms with Crippen LogP contribution in [0, 0.1) is 80.5 Å². The lowest BCUT2D eigenvalue weighted by atomic mass is 9.48. The number of hydrogen-bond donors (Lipinski definition) is 3. The Balaban J connectivity index is 0.000000114. The number of hydrogen-bond acceptors (Lipinski definition) is 6. The summed E-state index contributed by atoms with van der Waals surface area (Å²) in [6.45, 7) is 9.97. The minimum absolute atomic E-state index is 0.0448. The zero-order valence-electron chi connectivity index (χ0n) is 63.2. The minimum atomic E-state index is -0.279. The Hall–Kier alpha value is -8.85. The van der Waals surface area contributed by atoms with Gasteiger partial charge in [-0.1, -0.05) is 112 Å². The zero-order chi connectivity index (χ0) is 73.8. The van der Waals surface area contributed by atoms with Crippen molar-refractivity contribution in [2.75, 3.05) is 6.54 Å². The van der Waals surface area contributed by atoms with Gasteiger partial charge in [0.1, 0.15) is 17.5 Å². The predicted octanol–water partition coefficient (Wildman–Crippen LogP) is 19.7. The molecule has 3 N–H and O–H groups in total. The summed E-state index contributed by atoms with van der Waals surface area (Å²) in [5.74, 6) is 5.30. The Bertz CT molecular complexity index is 4740. The Kier molecular flexibility index (Phi) is 18.5. The van der Waals surface area contributed by atoms with Crippen LogP contribution < -0.4 is 16.0 Å². The molecule has 560 valence electrons. The summed E-state index contributed by atoms with van der Waals surface area (Å²) in [4.78, 5) is 41.5. The van der Waals surface area contributed by atoms with E-state index >= 15 is 0 Å². The largest absolute Gasteiger partial charge is 0.350 e. The summed E-state index contributed by atoms with van der Waals surface area (Å²) in [6.07, 6.45) is 28.2. The maximum Gasteiger partial charge on any atom is 0.272 e. The molecule has 3 heterocycles. The number of aromatic nitrogens is 6. The third kappa shape index (κ3) is 13.1. The number of fused-ring (bicyclic) bond motifs is 5. The third-order valence-electron chi connectivity index (χ3n) is 29.0. The number of benzene rings is 6. The summed E-state index contributed by atoms with van der Waals surface area (Å²) >= 11 is 0. The fourth-order valence-corrected chi connectivity index (χ4v) is 24.8. The standard InChI is InChI=1S/C32H36FN3O.C31H34FN3O.C30H34FN3O/c1-20(32-17-21-14-22(18-32)16-23(15-21)19-32)34-31(37)29-28-9-5-8-27(24-6-3-2-4-7-24)30(28)36(35-29)26-12-10-25(33)11-13-26;32-24-9-11-25(12-10-24)35-29-26(23-5-2-1-3-6-23)7-4-8-27(29)28(34-35)30(36)33-19-31-16-20-13-21(17-31)15-22(14-20)18-31;1-29(2)20-16-17-30(3,18-20)28(29)32-27(35)25-24-11-7-10-23(19-8-5-4-6-9-19)26(24)34(33-25)22-14-12-21(31)13-15-22/h2-4,6-7,10-13,20-23,27H,5,8-9,14-19H2,1H3,(H,34,37);1-3,5-6,9-12,20-22,26H,4,7-8,13-19H2,(H,33,36);4-6,8-9,12-15,20,23,28H,7,10-11,16-18H2,1-3H3,(H,32,35). The maximum atomic E-state index is 13.9. The first kappa shape index (κ1) is 70.8. The van der Waals surface area contributed by atoms with Gasteiger partial charge in [0.25, 0.3) is 17.7 Å². The Morgan fingerprint density at radius 3 is 1.16 bits per heavy atom. The van der Waals surface area contributed by atoms with Gasteiger partial charge in [-0.3, -0.25) is 14.4 Å². The Morgan fingerprint density at radius 2 is 0.796 bits per heavy atom. The van der Waals surface area contributed by atoms with Crippen LogP contribution in [0.1, 0.15) is 262 Å². The van der Waals surface area contributed by atoms with Crippen molar-refractivity contribution < 1.29 is 27.6 Å². The van der Waals surface area contributed by atoms with Crippen molar-refractivity contribution >= 4 is 17.7 Å². The molecule has 13 aliphatic rings. The number of nitrogens with one attached hydrogen (secondary N) is 3. The lowest BCUT2D eigenvalue weighted by Crippen LogP contribution is -2.55. The number of carbonyl (C=O) groups is 3. The van der Waals surface area contributed by atoms with E-state index in [0.29, 0.717) is 23.0 Å². The van der Waals surface area contributed by atoms with E-state index in [2.05, 4.69) is 116 Å². The molecule has 0 spiro atoms. The van der Waals surface area contributed by atoms with Gasteiger partial charge in [0, 0.05) is 53.1 Å². The first-order chi connectivity index (χ1) is 52.3. The summed E-state index contributed by atoms with van der Waals surface area (Å²) < 4.78 is 47.0. The number of halogens is 3. The molecule has 10 bridgehead atoms. The molecular weight excluding hydrogens is 1350 g/mol. The van der Waals surface area contributed by atoms with Gasteiger partial charge in [-0.25, -0.2) is 27.2 Å². The van der Waals surface area contributed by atoms with Crippen LogP contribution >= 0.6 is 0 Å². The van der Waals surface area contributed by atoms with Crippen LogP contribution in [0.5, 0.6) is 0 Å². The van der Waals surface area contributed by atoms with Crippen LogP contribution in [-0.4, -0.2) is 65.7 Å². The van der Waals surface area contributed by atoms with Crippen LogP contribution in [0.3, 0.4) is 0 Å². The van der Waals surface area contributed by atoms with Crippen LogP contribution in [0.4, 0.5) is 13.2 Å². The van der Waals surface area contributed by atoms with Gasteiger partial charge in [0.2, 0.25) is 0 Å². The highest BCUT2D eigenvalue weighted by Crippen LogP contribution is 2.64. The number of rotatable bonds is 14. The van der Waals surface area contributed by atoms with Crippen LogP contribution in [0.2, 0.25) is 0 Å². The summed E-state index contributed by atoms with van der Waals surface area (Å²) in [6, 6.07) is 51.1. The van der Waals surface area contributed by atoms with E-state index in [1.165, 1.54) is 149 Å². The van der Waals surface area contributed by atoms with E-state index < -0.39 is 0 Å². The minimum Gasteiger partial charge on any atom is -0.350 e. The number of carbonyl (C=O) groups excluding carboxylic acids is 3. The van der Waals surface area contributed by atoms with Gasteiger partial charge in [0.15, 0.2) is 17.1 Å². The second-order valence-electron chi connectivity index (χ2n) is 36.3. The van der Waals surface area contributed by atoms with E-state index in [4.69, 9.17) is 15.3 Å². The summed E-state index contributed by atoms with van der Waals surface area (Å²) in [5.41, 5.74) is 14.9. The molecule has 3 amide bonds. The molecule has 0 radical (unpaired) electrons. The summed E-state index contributed by atoms with van der Waals surface area (Å²) in [7, 11) is 0. The fourth-order valence-electron chi connectivity index (χ4n) is 24.8. The fraction of sp³-hybridized carbons (Fsp3) is 0.484. The molecule has 10 fully saturated rings. The Morgan fingerprint density at radius 1 is 0.444 bits per heavy atom. The normalized spacial score (nSPS) is 29.9. The van der Waals surface area contributed by atoms with Gasteiger partial charge >= 0.3 is 0 Å². The van der Waals surface area contributed by atoms with Gasteiger partial charge in [-0.05, 0) is 314 Å². The van der Waals surface area contributed by atoms with Crippen LogP contribution in [0.15, 0.2) is 164 Å². The molecule has 7 atom stereocenters. The van der Waals surface area contributed by atoms with Crippen molar-refractivity contribution in [1.29, 1.82) is 0 Å². The van der Waals surface area contributed by atoms with Crippen molar-refractivity contribution in [2.24, 2.45) is 63.1 Å². The highest BCUT2D eigenvalue weighted by molar-refractivity contribution is 5.96. The molecule has 6 aromatic carbocycles. The topological polar surface area (TPSA) is 141 Å². The van der Waals surface area contributed by atoms with Gasteiger partial charge in [-0.15, -0.1) is 0 Å². The average Bonchev–Trinajstić information content (AvgIpc) is 1.48. The van der Waals surface area contributed by atoms with Crippen molar-refractivity contribution in [3.8, 4) is 17.1 Å². The van der Waals surface area contributed by atoms with E-state index in [-0.39, 0.29) is 86.7 Å². The van der Waals surface area contributed by atoms with Crippen LogP contribution in [-0.2, 0) is 19.3 Å². The van der Waals surface area contributed by atoms with Gasteiger partial charge < -0.3 is 16.0 Å². The molecule has 0 saturated heterocycles. The quantitative estimate of drug-likeness (QED) is 0.0990. The molecule has 12 nitrogen and oxygen atoms in total. The first-order valence-corrected chi connectivity index (χ1v) is 41.0. The predicted molar refractivity (Wildman–Crippen MR) is 415 cm³/mol. The number of amides is 3. The monoisotopic (exact) mass is 1450 g/mol. The van der Waals surface area contributed by atoms with E-state index in [1.54, 1.807) is 36.4 Å². The molecule has 9 aromatic rings. The van der Waals surface area contributed by atoms with Gasteiger partial charge in [0.05, 0.1) is 34.1 Å². The lowest BCUT2D eigenvalue weighted by molar-refractivity contribution is -0.0688. The molecule has 15 heteroatoms. The highest BCUT2D eigenvalue weighted by Gasteiger charge is 2.60. The molecule has 3 aromatic heterocycles. The second kappa shape index (κ2) is 28.2. The van der Waals surface area contributed by atoms with Gasteiger partial charge in [-0.2, -0.15) is 15.3 Å². The molecule has 22 rings (SSSR count). The van der Waals surface area contributed by atoms with E-state index in [9.17, 15) is 27.6 Å². The van der Waals surface area contributed by atoms with Crippen molar-refractivity contribution in [3.63, 3.8) is 0 Å². The SMILES string of the molecule is CC(NC(=O)c1nn(-c2ccc(F)cc2)c2c1CCCC2c1ccccc1)C12CC3CC(CC(C3)C1)C2.CC12CCC(C1)C(C)(C)C2NC(=O)c1nn(-c2ccc(F)cc2)c2c1CCCC2c1ccccc1.O=C(NCC12CC3CC(CC(C3)C1)C2)c1nn(-c2ccc(F)cc2)c2c1CCCC2c1ccccc1. The third-order valence-corrected chi connectivity index (χ3v) is 29.0. The molecule has 13 aliphatic carbocycles. The lowest BCUT2D eigenvalue weighted by Gasteiger charge is -2.59. The molecule has 0 aliphatic heterocycles. The van der Waals surface area contributed by atoms with Crippen molar-refractivity contribution in [2.45, 2.75) is 212 Å².